The van der Waals surface area contributed by atoms with Gasteiger partial charge in [0, 0.05) is 0 Å². The highest BCUT2D eigenvalue weighted by Gasteiger charge is 2.24. The van der Waals surface area contributed by atoms with Crippen LogP contribution in [0.25, 0.3) is 0 Å². The summed E-state index contributed by atoms with van der Waals surface area (Å²) in [6, 6.07) is 15.8. The van der Waals surface area contributed by atoms with Crippen LogP contribution in [0, 0.1) is 17.1 Å². The van der Waals surface area contributed by atoms with Crippen LogP contribution in [0.1, 0.15) is 11.5 Å². The predicted molar refractivity (Wildman–Crippen MR) is 73.2 cm³/mol. The van der Waals surface area contributed by atoms with Crippen LogP contribution < -0.4 is 0 Å². The van der Waals surface area contributed by atoms with E-state index in [0.717, 1.165) is 6.07 Å². The largest absolute Gasteiger partial charge is 0.224 e. The summed E-state index contributed by atoms with van der Waals surface area (Å²) in [5, 5.41) is 9.15. The number of nitriles is 1. The lowest BCUT2D eigenvalue weighted by molar-refractivity contribution is 0.565. The fourth-order valence-corrected chi connectivity index (χ4v) is 3.44. The van der Waals surface area contributed by atoms with Crippen molar-refractivity contribution in [2.75, 3.05) is 5.75 Å². The summed E-state index contributed by atoms with van der Waals surface area (Å²) in [6.45, 7) is 0. The van der Waals surface area contributed by atoms with Crippen molar-refractivity contribution in [1.82, 2.24) is 0 Å². The van der Waals surface area contributed by atoms with Gasteiger partial charge >= 0.3 is 0 Å². The van der Waals surface area contributed by atoms with E-state index in [1.165, 1.54) is 18.2 Å². The molecule has 0 aliphatic heterocycles. The second-order valence-corrected chi connectivity index (χ2v) is 6.31. The van der Waals surface area contributed by atoms with Crippen LogP contribution in [0.15, 0.2) is 59.5 Å². The molecule has 1 atom stereocenters. The Morgan fingerprint density at radius 2 is 1.65 bits per heavy atom. The molecule has 0 radical (unpaired) electrons. The molecule has 0 bridgehead atoms. The molecule has 2 aromatic rings. The number of halogens is 1. The topological polar surface area (TPSA) is 57.9 Å². The highest BCUT2D eigenvalue weighted by Crippen LogP contribution is 2.22. The average Bonchev–Trinajstić information content (AvgIpc) is 2.46. The van der Waals surface area contributed by atoms with Crippen LogP contribution in [0.3, 0.4) is 0 Å². The zero-order valence-corrected chi connectivity index (χ0v) is 11.3. The SMILES string of the molecule is N#CC(CS(=O)(=O)c1ccccc1F)c1ccccc1. The van der Waals surface area contributed by atoms with Gasteiger partial charge < -0.3 is 0 Å². The van der Waals surface area contributed by atoms with Gasteiger partial charge in [-0.1, -0.05) is 42.5 Å². The highest BCUT2D eigenvalue weighted by atomic mass is 32.2. The Bertz CT molecular complexity index is 736. The van der Waals surface area contributed by atoms with E-state index in [-0.39, 0.29) is 4.90 Å². The lowest BCUT2D eigenvalue weighted by atomic mass is 10.0. The second-order valence-electron chi connectivity index (χ2n) is 4.30. The fourth-order valence-electron chi connectivity index (χ4n) is 1.90. The van der Waals surface area contributed by atoms with Gasteiger partial charge in [-0.05, 0) is 17.7 Å². The molecule has 0 aliphatic rings. The van der Waals surface area contributed by atoms with Crippen LogP contribution in [0.2, 0.25) is 0 Å². The maximum atomic E-state index is 13.6. The Morgan fingerprint density at radius 3 is 2.25 bits per heavy atom. The first-order valence-corrected chi connectivity index (χ1v) is 7.61. The Morgan fingerprint density at radius 1 is 1.05 bits per heavy atom. The molecule has 0 saturated carbocycles. The van der Waals surface area contributed by atoms with Crippen molar-refractivity contribution in [3.63, 3.8) is 0 Å². The molecule has 2 rings (SSSR count). The van der Waals surface area contributed by atoms with Gasteiger partial charge in [0.05, 0.1) is 17.7 Å². The van der Waals surface area contributed by atoms with Crippen molar-refractivity contribution in [3.05, 3.63) is 66.0 Å². The van der Waals surface area contributed by atoms with Crippen molar-refractivity contribution >= 4 is 9.84 Å². The molecule has 0 fully saturated rings. The standard InChI is InChI=1S/C15H12FNO2S/c16-14-8-4-5-9-15(14)20(18,19)11-13(10-17)12-6-2-1-3-7-12/h1-9,13H,11H2. The summed E-state index contributed by atoms with van der Waals surface area (Å²) in [7, 11) is -3.85. The average molecular weight is 289 g/mol. The second kappa shape index (κ2) is 5.85. The third kappa shape index (κ3) is 3.03. The van der Waals surface area contributed by atoms with Crippen LogP contribution in [0.4, 0.5) is 4.39 Å². The van der Waals surface area contributed by atoms with Crippen LogP contribution in [-0.2, 0) is 9.84 Å². The molecule has 20 heavy (non-hydrogen) atoms. The van der Waals surface area contributed by atoms with Gasteiger partial charge in [0.2, 0.25) is 0 Å². The molecule has 102 valence electrons. The predicted octanol–water partition coefficient (Wildman–Crippen LogP) is 2.91. The molecule has 0 aliphatic carbocycles. The Kier molecular flexibility index (Phi) is 4.16. The van der Waals surface area contributed by atoms with Crippen molar-refractivity contribution < 1.29 is 12.8 Å². The van der Waals surface area contributed by atoms with E-state index >= 15 is 0 Å². The van der Waals surface area contributed by atoms with Gasteiger partial charge in [0.1, 0.15) is 10.7 Å². The number of nitrogens with zero attached hydrogens (tertiary/aromatic N) is 1. The maximum Gasteiger partial charge on any atom is 0.182 e. The summed E-state index contributed by atoms with van der Waals surface area (Å²) in [6.07, 6.45) is 0. The molecule has 0 aromatic heterocycles. The number of rotatable bonds is 4. The molecule has 3 nitrogen and oxygen atoms in total. The fraction of sp³-hybridized carbons (Fsp3) is 0.133. The van der Waals surface area contributed by atoms with E-state index in [9.17, 15) is 12.8 Å². The van der Waals surface area contributed by atoms with E-state index in [1.54, 1.807) is 30.3 Å². The number of hydrogen-bond donors (Lipinski definition) is 0. The lowest BCUT2D eigenvalue weighted by Gasteiger charge is -2.10. The summed E-state index contributed by atoms with van der Waals surface area (Å²) in [5.74, 6) is -2.05. The van der Waals surface area contributed by atoms with Crippen molar-refractivity contribution in [2.24, 2.45) is 0 Å². The first-order valence-electron chi connectivity index (χ1n) is 5.96. The van der Waals surface area contributed by atoms with Gasteiger partial charge in [-0.2, -0.15) is 5.26 Å². The molecule has 0 N–H and O–H groups in total. The monoisotopic (exact) mass is 289 g/mol. The zero-order chi connectivity index (χ0) is 14.6. The molecular formula is C15H12FNO2S. The summed E-state index contributed by atoms with van der Waals surface area (Å²) >= 11 is 0. The van der Waals surface area contributed by atoms with Crippen molar-refractivity contribution in [2.45, 2.75) is 10.8 Å². The molecule has 2 aromatic carbocycles. The molecule has 0 spiro atoms. The number of sulfone groups is 1. The van der Waals surface area contributed by atoms with E-state index in [4.69, 9.17) is 5.26 Å². The molecule has 0 amide bonds. The van der Waals surface area contributed by atoms with Gasteiger partial charge in [0.15, 0.2) is 9.84 Å². The minimum atomic E-state index is -3.85. The van der Waals surface area contributed by atoms with Crippen molar-refractivity contribution in [3.8, 4) is 6.07 Å². The zero-order valence-electron chi connectivity index (χ0n) is 10.5. The first kappa shape index (κ1) is 14.2. The Balaban J connectivity index is 2.33. The first-order chi connectivity index (χ1) is 9.54. The van der Waals surface area contributed by atoms with Crippen LogP contribution in [0.5, 0.6) is 0 Å². The smallest absolute Gasteiger partial charge is 0.182 e. The molecule has 5 heteroatoms. The molecule has 0 heterocycles. The quantitative estimate of drug-likeness (QED) is 0.869. The minimum absolute atomic E-state index is 0.365. The van der Waals surface area contributed by atoms with E-state index < -0.39 is 27.3 Å². The van der Waals surface area contributed by atoms with Gasteiger partial charge in [-0.3, -0.25) is 0 Å². The highest BCUT2D eigenvalue weighted by molar-refractivity contribution is 7.91. The molecule has 1 unspecified atom stereocenters. The third-order valence-corrected chi connectivity index (χ3v) is 4.69. The third-order valence-electron chi connectivity index (χ3n) is 2.92. The maximum absolute atomic E-state index is 13.6. The summed E-state index contributed by atoms with van der Waals surface area (Å²) in [4.78, 5) is -0.365. The van der Waals surface area contributed by atoms with Gasteiger partial charge in [-0.15, -0.1) is 0 Å². The van der Waals surface area contributed by atoms with E-state index in [2.05, 4.69) is 0 Å². The van der Waals surface area contributed by atoms with Gasteiger partial charge in [0.25, 0.3) is 0 Å². The summed E-state index contributed by atoms with van der Waals surface area (Å²) < 4.78 is 38.0. The van der Waals surface area contributed by atoms with Crippen molar-refractivity contribution in [1.29, 1.82) is 5.26 Å². The summed E-state index contributed by atoms with van der Waals surface area (Å²) in [5.41, 5.74) is 0.606. The minimum Gasteiger partial charge on any atom is -0.224 e. The number of hydrogen-bond acceptors (Lipinski definition) is 3. The normalized spacial score (nSPS) is 12.6. The Hall–Kier alpha value is -2.19. The van der Waals surface area contributed by atoms with E-state index in [1.807, 2.05) is 6.07 Å². The van der Waals surface area contributed by atoms with Gasteiger partial charge in [-0.25, -0.2) is 12.8 Å². The number of benzene rings is 2. The Labute approximate surface area is 117 Å². The molecular weight excluding hydrogens is 277 g/mol. The van der Waals surface area contributed by atoms with Crippen LogP contribution in [-0.4, -0.2) is 14.2 Å². The van der Waals surface area contributed by atoms with E-state index in [0.29, 0.717) is 5.56 Å². The lowest BCUT2D eigenvalue weighted by Crippen LogP contribution is -2.15. The van der Waals surface area contributed by atoms with Crippen LogP contribution >= 0.6 is 0 Å². The molecule has 0 saturated heterocycles.